The van der Waals surface area contributed by atoms with Crippen molar-refractivity contribution >= 4 is 17.4 Å². The van der Waals surface area contributed by atoms with Crippen LogP contribution in [0.5, 0.6) is 0 Å². The lowest BCUT2D eigenvalue weighted by Crippen LogP contribution is -2.36. The Morgan fingerprint density at radius 1 is 1.16 bits per heavy atom. The number of aromatic amines is 1. The number of nitrogens with one attached hydrogen (secondary N) is 1. The molecule has 2 aromatic heterocycles. The highest BCUT2D eigenvalue weighted by Gasteiger charge is 2.43. The molecular formula is C25H26N4O3. The molecule has 0 spiro atoms. The molecule has 0 saturated carbocycles. The zero-order valence-electron chi connectivity index (χ0n) is 18.2. The highest BCUT2D eigenvalue weighted by molar-refractivity contribution is 6.46. The Balaban J connectivity index is 1.72. The van der Waals surface area contributed by atoms with Crippen LogP contribution in [0.2, 0.25) is 0 Å². The molecule has 3 aromatic rings. The monoisotopic (exact) mass is 430 g/mol. The number of aryl methyl sites for hydroxylation is 1. The Labute approximate surface area is 187 Å². The van der Waals surface area contributed by atoms with Crippen molar-refractivity contribution in [3.63, 3.8) is 0 Å². The van der Waals surface area contributed by atoms with Gasteiger partial charge in [0.05, 0.1) is 12.6 Å². The zero-order chi connectivity index (χ0) is 22.7. The Morgan fingerprint density at radius 2 is 1.88 bits per heavy atom. The van der Waals surface area contributed by atoms with Gasteiger partial charge in [-0.1, -0.05) is 43.9 Å². The van der Waals surface area contributed by atoms with Gasteiger partial charge in [0.1, 0.15) is 12.4 Å². The first-order chi connectivity index (χ1) is 15.5. The Kier molecular flexibility index (Phi) is 6.16. The lowest BCUT2D eigenvalue weighted by molar-refractivity contribution is -0.695. The number of carbonyl (C=O) groups is 2. The summed E-state index contributed by atoms with van der Waals surface area (Å²) in [5.41, 5.74) is 2.28. The molecule has 7 heteroatoms. The molecule has 4 rings (SSSR count). The van der Waals surface area contributed by atoms with Crippen LogP contribution in [0.15, 0.2) is 73.1 Å². The largest absolute Gasteiger partial charge is 0.872 e. The van der Waals surface area contributed by atoms with E-state index in [0.717, 1.165) is 11.1 Å². The third kappa shape index (κ3) is 4.19. The van der Waals surface area contributed by atoms with Crippen LogP contribution in [0.3, 0.4) is 0 Å². The van der Waals surface area contributed by atoms with E-state index in [9.17, 15) is 14.7 Å². The van der Waals surface area contributed by atoms with Gasteiger partial charge in [-0.2, -0.15) is 0 Å². The lowest BCUT2D eigenvalue weighted by atomic mass is 9.93. The summed E-state index contributed by atoms with van der Waals surface area (Å²) >= 11 is 0. The second kappa shape index (κ2) is 9.18. The number of hydrogen-bond acceptors (Lipinski definition) is 4. The first kappa shape index (κ1) is 21.5. The fourth-order valence-electron chi connectivity index (χ4n) is 4.05. The Hall–Kier alpha value is -3.74. The van der Waals surface area contributed by atoms with Crippen LogP contribution in [0.4, 0.5) is 0 Å². The topological polar surface area (TPSA) is 93.0 Å². The van der Waals surface area contributed by atoms with E-state index in [1.807, 2.05) is 47.6 Å². The summed E-state index contributed by atoms with van der Waals surface area (Å²) in [5, 5.41) is 13.3. The number of nitrogens with zero attached hydrogens (tertiary/aromatic N) is 3. The third-order valence-corrected chi connectivity index (χ3v) is 5.81. The number of H-pyrrole nitrogens is 1. The maximum atomic E-state index is 13.3. The molecule has 1 aromatic carbocycles. The molecule has 1 fully saturated rings. The summed E-state index contributed by atoms with van der Waals surface area (Å²) < 4.78 is 1.97. The molecule has 0 radical (unpaired) electrons. The summed E-state index contributed by atoms with van der Waals surface area (Å²) in [7, 11) is 0. The summed E-state index contributed by atoms with van der Waals surface area (Å²) in [6.07, 6.45) is 9.23. The molecule has 0 bridgehead atoms. The van der Waals surface area contributed by atoms with Crippen LogP contribution in [0.25, 0.3) is 5.76 Å². The van der Waals surface area contributed by atoms with Gasteiger partial charge in [-0.25, -0.2) is 4.57 Å². The van der Waals surface area contributed by atoms with E-state index in [2.05, 4.69) is 23.8 Å². The minimum atomic E-state index is -0.723. The number of aromatic nitrogens is 3. The Bertz CT molecular complexity index is 1120. The van der Waals surface area contributed by atoms with Crippen molar-refractivity contribution in [1.82, 2.24) is 14.9 Å². The molecule has 1 aliphatic rings. The van der Waals surface area contributed by atoms with Gasteiger partial charge in [-0.15, -0.1) is 0 Å². The van der Waals surface area contributed by atoms with Crippen LogP contribution >= 0.6 is 0 Å². The second-order valence-corrected chi connectivity index (χ2v) is 8.23. The number of imidazole rings is 1. The van der Waals surface area contributed by atoms with Gasteiger partial charge < -0.3 is 10.0 Å². The van der Waals surface area contributed by atoms with Crippen LogP contribution in [-0.4, -0.2) is 33.1 Å². The SMILES string of the molecule is CC(C)c1ccc(C2C(=C([O-])c3ccncc3)C(=O)C(=O)N2CCC[n+]2cc[nH]c2)cc1. The van der Waals surface area contributed by atoms with E-state index in [1.165, 1.54) is 17.3 Å². The van der Waals surface area contributed by atoms with Crippen molar-refractivity contribution in [2.45, 2.75) is 38.8 Å². The van der Waals surface area contributed by atoms with Gasteiger partial charge in [0.25, 0.3) is 5.91 Å². The summed E-state index contributed by atoms with van der Waals surface area (Å²) in [6, 6.07) is 10.3. The minimum Gasteiger partial charge on any atom is -0.872 e. The molecule has 1 amide bonds. The number of likely N-dealkylation sites (tertiary alicyclic amines) is 1. The van der Waals surface area contributed by atoms with Crippen molar-refractivity contribution in [3.05, 3.63) is 89.8 Å². The van der Waals surface area contributed by atoms with Gasteiger partial charge in [0.15, 0.2) is 0 Å². The summed E-state index contributed by atoms with van der Waals surface area (Å²) in [4.78, 5) is 34.5. The average Bonchev–Trinajstić information content (AvgIpc) is 3.41. The van der Waals surface area contributed by atoms with E-state index >= 15 is 0 Å². The molecule has 1 N–H and O–H groups in total. The van der Waals surface area contributed by atoms with Gasteiger partial charge in [-0.3, -0.25) is 19.6 Å². The first-order valence-corrected chi connectivity index (χ1v) is 10.8. The number of amides is 1. The van der Waals surface area contributed by atoms with Crippen molar-refractivity contribution in [2.24, 2.45) is 0 Å². The lowest BCUT2D eigenvalue weighted by Gasteiger charge is -2.27. The maximum absolute atomic E-state index is 13.3. The smallest absolute Gasteiger partial charge is 0.295 e. The van der Waals surface area contributed by atoms with Crippen molar-refractivity contribution in [1.29, 1.82) is 0 Å². The highest BCUT2D eigenvalue weighted by atomic mass is 16.3. The molecule has 1 unspecified atom stereocenters. The first-order valence-electron chi connectivity index (χ1n) is 10.8. The summed E-state index contributed by atoms with van der Waals surface area (Å²) in [5.74, 6) is -1.42. The number of hydrogen-bond donors (Lipinski definition) is 1. The molecular weight excluding hydrogens is 404 g/mol. The number of Topliss-reactive ketones (excluding diaryl/α,β-unsaturated/α-hetero) is 1. The molecule has 1 atom stereocenters. The van der Waals surface area contributed by atoms with E-state index in [1.54, 1.807) is 12.1 Å². The fourth-order valence-corrected chi connectivity index (χ4v) is 4.05. The van der Waals surface area contributed by atoms with Gasteiger partial charge in [-0.05, 0) is 34.7 Å². The highest BCUT2D eigenvalue weighted by Crippen LogP contribution is 2.39. The van der Waals surface area contributed by atoms with Crippen molar-refractivity contribution in [3.8, 4) is 0 Å². The maximum Gasteiger partial charge on any atom is 0.295 e. The number of pyridine rings is 1. The average molecular weight is 431 g/mol. The normalized spacial score (nSPS) is 18.0. The van der Waals surface area contributed by atoms with Crippen molar-refractivity contribution < 1.29 is 19.3 Å². The molecule has 164 valence electrons. The molecule has 3 heterocycles. The van der Waals surface area contributed by atoms with E-state index in [0.29, 0.717) is 31.0 Å². The fraction of sp³-hybridized carbons (Fsp3) is 0.280. The van der Waals surface area contributed by atoms with Crippen LogP contribution in [-0.2, 0) is 16.1 Å². The quantitative estimate of drug-likeness (QED) is 0.269. The van der Waals surface area contributed by atoms with Gasteiger partial charge >= 0.3 is 0 Å². The van der Waals surface area contributed by atoms with Crippen LogP contribution in [0.1, 0.15) is 48.9 Å². The standard InChI is InChI=1S/C25H26N4O3/c1-17(2)18-4-6-19(7-5-18)22-21(23(30)20-8-10-26-11-9-20)24(31)25(32)29(22)14-3-13-28-15-12-27-16-28/h4-12,15-17,22H,3,13-14H2,1-2H3,(H,30,31). The number of benzene rings is 1. The van der Waals surface area contributed by atoms with E-state index in [4.69, 9.17) is 0 Å². The van der Waals surface area contributed by atoms with Gasteiger partial charge in [0, 0.05) is 30.9 Å². The second-order valence-electron chi connectivity index (χ2n) is 8.23. The van der Waals surface area contributed by atoms with E-state index in [-0.39, 0.29) is 5.57 Å². The van der Waals surface area contributed by atoms with Crippen molar-refractivity contribution in [2.75, 3.05) is 6.54 Å². The third-order valence-electron chi connectivity index (χ3n) is 5.81. The Morgan fingerprint density at radius 3 is 2.50 bits per heavy atom. The predicted molar refractivity (Wildman–Crippen MR) is 117 cm³/mol. The van der Waals surface area contributed by atoms with Crippen LogP contribution in [0, 0.1) is 0 Å². The number of ketones is 1. The van der Waals surface area contributed by atoms with Crippen LogP contribution < -0.4 is 9.67 Å². The number of rotatable bonds is 7. The molecule has 0 aliphatic carbocycles. The van der Waals surface area contributed by atoms with E-state index < -0.39 is 23.5 Å². The number of carbonyl (C=O) groups excluding carboxylic acids is 2. The predicted octanol–water partition coefficient (Wildman–Crippen LogP) is 2.13. The molecule has 1 saturated heterocycles. The molecule has 32 heavy (non-hydrogen) atoms. The zero-order valence-corrected chi connectivity index (χ0v) is 18.2. The minimum absolute atomic E-state index is 0.00722. The molecule has 7 nitrogen and oxygen atoms in total. The molecule has 1 aliphatic heterocycles. The van der Waals surface area contributed by atoms with Gasteiger partial charge in [0.2, 0.25) is 12.1 Å². The summed E-state index contributed by atoms with van der Waals surface area (Å²) in [6.45, 7) is 5.26.